The molecule has 0 bridgehead atoms. The van der Waals surface area contributed by atoms with Crippen molar-refractivity contribution in [1.82, 2.24) is 5.43 Å². The third-order valence-corrected chi connectivity index (χ3v) is 5.01. The Balaban J connectivity index is 1.56. The van der Waals surface area contributed by atoms with Gasteiger partial charge in [-0.25, -0.2) is 9.80 Å². The van der Waals surface area contributed by atoms with E-state index >= 15 is 0 Å². The van der Waals surface area contributed by atoms with Crippen LogP contribution in [-0.4, -0.2) is 24.9 Å². The number of nitrogens with one attached hydrogen (secondary N) is 1. The Morgan fingerprint density at radius 1 is 1.03 bits per heavy atom. The van der Waals surface area contributed by atoms with Crippen LogP contribution in [0.3, 0.4) is 0 Å². The van der Waals surface area contributed by atoms with Gasteiger partial charge in [0.2, 0.25) is 0 Å². The minimum atomic E-state index is -0.511. The minimum absolute atomic E-state index is 0.0279. The third kappa shape index (κ3) is 3.77. The van der Waals surface area contributed by atoms with Gasteiger partial charge in [-0.15, -0.1) is 0 Å². The van der Waals surface area contributed by atoms with E-state index in [1.54, 1.807) is 60.7 Å². The van der Waals surface area contributed by atoms with Crippen LogP contribution >= 0.6 is 15.9 Å². The summed E-state index contributed by atoms with van der Waals surface area (Å²) in [5, 5.41) is 1.19. The molecule has 150 valence electrons. The number of ether oxygens (including phenoxy) is 1. The number of amides is 2. The Kier molecular flexibility index (Phi) is 5.24. The summed E-state index contributed by atoms with van der Waals surface area (Å²) in [6, 6.07) is 17.1. The summed E-state index contributed by atoms with van der Waals surface area (Å²) < 4.78 is 11.3. The molecule has 0 radical (unpaired) electrons. The standard InChI is InChI=1S/C22H15BrN2O5/c1-29-22(28)14-4-2-13(3-5-14)19-11-10-17(30-19)12-18-20(26)24-25(21(18)27)16-8-6-15(23)7-9-16/h2-12H,1H3,(H,24,26)/b18-12-. The normalized spacial score (nSPS) is 14.9. The molecule has 1 aromatic heterocycles. The Labute approximate surface area is 180 Å². The number of rotatable bonds is 4. The number of hydrazine groups is 1. The monoisotopic (exact) mass is 466 g/mol. The highest BCUT2D eigenvalue weighted by Gasteiger charge is 2.34. The average molecular weight is 467 g/mol. The van der Waals surface area contributed by atoms with E-state index in [1.165, 1.54) is 18.2 Å². The summed E-state index contributed by atoms with van der Waals surface area (Å²) >= 11 is 3.34. The number of carbonyl (C=O) groups is 3. The molecule has 2 amide bonds. The highest BCUT2D eigenvalue weighted by molar-refractivity contribution is 9.10. The summed E-state index contributed by atoms with van der Waals surface area (Å²) in [7, 11) is 1.32. The van der Waals surface area contributed by atoms with Gasteiger partial charge in [0.15, 0.2) is 0 Å². The van der Waals surface area contributed by atoms with E-state index in [-0.39, 0.29) is 5.57 Å². The first-order valence-corrected chi connectivity index (χ1v) is 9.67. The lowest BCUT2D eigenvalue weighted by atomic mass is 10.1. The summed E-state index contributed by atoms with van der Waals surface area (Å²) in [5.41, 5.74) is 4.23. The molecule has 0 aliphatic carbocycles. The minimum Gasteiger partial charge on any atom is -0.465 e. The van der Waals surface area contributed by atoms with Crippen LogP contribution in [0.15, 0.2) is 75.1 Å². The SMILES string of the molecule is COC(=O)c1ccc(-c2ccc(/C=C3/C(=O)NN(c4ccc(Br)cc4)C3=O)o2)cc1. The topological polar surface area (TPSA) is 88.9 Å². The molecule has 3 aromatic rings. The van der Waals surface area contributed by atoms with Gasteiger partial charge in [0.1, 0.15) is 17.1 Å². The van der Waals surface area contributed by atoms with E-state index in [2.05, 4.69) is 26.1 Å². The van der Waals surface area contributed by atoms with Crippen LogP contribution in [0.25, 0.3) is 17.4 Å². The highest BCUT2D eigenvalue weighted by atomic mass is 79.9. The molecule has 7 nitrogen and oxygen atoms in total. The number of hydrogen-bond acceptors (Lipinski definition) is 5. The fraction of sp³-hybridized carbons (Fsp3) is 0.0455. The molecule has 2 aromatic carbocycles. The van der Waals surface area contributed by atoms with Gasteiger partial charge < -0.3 is 9.15 Å². The number of anilines is 1. The molecule has 0 spiro atoms. The maximum Gasteiger partial charge on any atom is 0.337 e. The number of benzene rings is 2. The molecule has 0 unspecified atom stereocenters. The van der Waals surface area contributed by atoms with Gasteiger partial charge in [-0.2, -0.15) is 0 Å². The molecule has 0 saturated carbocycles. The molecule has 30 heavy (non-hydrogen) atoms. The van der Waals surface area contributed by atoms with Crippen molar-refractivity contribution >= 4 is 45.5 Å². The predicted octanol–water partition coefficient (Wildman–Crippen LogP) is 3.96. The van der Waals surface area contributed by atoms with E-state index < -0.39 is 17.8 Å². The zero-order valence-electron chi connectivity index (χ0n) is 15.7. The van der Waals surface area contributed by atoms with Gasteiger partial charge in [0.25, 0.3) is 11.8 Å². The van der Waals surface area contributed by atoms with Crippen molar-refractivity contribution in [2.24, 2.45) is 0 Å². The predicted molar refractivity (Wildman–Crippen MR) is 113 cm³/mol. The number of esters is 1. The first kappa shape index (κ1) is 19.7. The molecule has 1 aliphatic heterocycles. The van der Waals surface area contributed by atoms with Crippen LogP contribution in [0.5, 0.6) is 0 Å². The van der Waals surface area contributed by atoms with Crippen LogP contribution in [0.4, 0.5) is 5.69 Å². The van der Waals surface area contributed by atoms with Crippen LogP contribution in [0.1, 0.15) is 16.1 Å². The lowest BCUT2D eigenvalue weighted by Gasteiger charge is -2.14. The summed E-state index contributed by atoms with van der Waals surface area (Å²) in [6.07, 6.45) is 1.41. The Bertz CT molecular complexity index is 1160. The zero-order chi connectivity index (χ0) is 21.3. The second-order valence-corrected chi connectivity index (χ2v) is 7.30. The second-order valence-electron chi connectivity index (χ2n) is 6.39. The van der Waals surface area contributed by atoms with E-state index in [4.69, 9.17) is 4.42 Å². The number of hydrogen-bond donors (Lipinski definition) is 1. The van der Waals surface area contributed by atoms with Crippen LogP contribution in [0.2, 0.25) is 0 Å². The Morgan fingerprint density at radius 3 is 2.40 bits per heavy atom. The largest absolute Gasteiger partial charge is 0.465 e. The van der Waals surface area contributed by atoms with Gasteiger partial charge in [0.05, 0.1) is 18.4 Å². The molecular formula is C22H15BrN2O5. The van der Waals surface area contributed by atoms with Crippen molar-refractivity contribution in [3.8, 4) is 11.3 Å². The number of nitrogens with zero attached hydrogens (tertiary/aromatic N) is 1. The number of methoxy groups -OCH3 is 1. The lowest BCUT2D eigenvalue weighted by Crippen LogP contribution is -2.35. The molecule has 4 rings (SSSR count). The first-order valence-electron chi connectivity index (χ1n) is 8.87. The number of furan rings is 1. The van der Waals surface area contributed by atoms with Crippen molar-refractivity contribution in [2.75, 3.05) is 12.1 Å². The van der Waals surface area contributed by atoms with E-state index in [0.717, 1.165) is 10.0 Å². The molecule has 1 aliphatic rings. The maximum atomic E-state index is 12.7. The smallest absolute Gasteiger partial charge is 0.337 e. The average Bonchev–Trinajstić information content (AvgIpc) is 3.34. The molecule has 0 atom stereocenters. The lowest BCUT2D eigenvalue weighted by molar-refractivity contribution is -0.117. The highest BCUT2D eigenvalue weighted by Crippen LogP contribution is 2.26. The van der Waals surface area contributed by atoms with Gasteiger partial charge in [-0.1, -0.05) is 28.1 Å². The van der Waals surface area contributed by atoms with Gasteiger partial charge >= 0.3 is 5.97 Å². The molecule has 2 heterocycles. The summed E-state index contributed by atoms with van der Waals surface area (Å²) in [5.74, 6) is -0.509. The fourth-order valence-corrected chi connectivity index (χ4v) is 3.21. The Morgan fingerprint density at radius 2 is 1.73 bits per heavy atom. The molecule has 1 N–H and O–H groups in total. The number of carbonyl (C=O) groups excluding carboxylic acids is 3. The van der Waals surface area contributed by atoms with E-state index in [9.17, 15) is 14.4 Å². The fourth-order valence-electron chi connectivity index (χ4n) is 2.95. The van der Waals surface area contributed by atoms with Crippen LogP contribution in [0, 0.1) is 0 Å². The van der Waals surface area contributed by atoms with Gasteiger partial charge in [-0.3, -0.25) is 15.0 Å². The molecule has 1 saturated heterocycles. The molecule has 8 heteroatoms. The molecular weight excluding hydrogens is 452 g/mol. The molecule has 1 fully saturated rings. The van der Waals surface area contributed by atoms with Crippen molar-refractivity contribution in [3.05, 3.63) is 82.0 Å². The van der Waals surface area contributed by atoms with Crippen LogP contribution < -0.4 is 10.4 Å². The Hall–Kier alpha value is -3.65. The summed E-state index contributed by atoms with van der Waals surface area (Å²) in [6.45, 7) is 0. The number of halogens is 1. The van der Waals surface area contributed by atoms with Crippen LogP contribution in [-0.2, 0) is 14.3 Å². The quantitative estimate of drug-likeness (QED) is 0.357. The second kappa shape index (κ2) is 8.00. The van der Waals surface area contributed by atoms with Crippen molar-refractivity contribution in [1.29, 1.82) is 0 Å². The van der Waals surface area contributed by atoms with E-state index in [1.807, 2.05) is 0 Å². The van der Waals surface area contributed by atoms with Gasteiger partial charge in [0, 0.05) is 10.0 Å². The van der Waals surface area contributed by atoms with E-state index in [0.29, 0.717) is 22.8 Å². The summed E-state index contributed by atoms with van der Waals surface area (Å²) in [4.78, 5) is 36.5. The maximum absolute atomic E-state index is 12.7. The first-order chi connectivity index (χ1) is 14.5. The van der Waals surface area contributed by atoms with Crippen molar-refractivity contribution < 1.29 is 23.5 Å². The van der Waals surface area contributed by atoms with Crippen molar-refractivity contribution in [3.63, 3.8) is 0 Å². The third-order valence-electron chi connectivity index (χ3n) is 4.48. The van der Waals surface area contributed by atoms with Crippen molar-refractivity contribution in [2.45, 2.75) is 0 Å². The zero-order valence-corrected chi connectivity index (χ0v) is 17.3. The van der Waals surface area contributed by atoms with Gasteiger partial charge in [-0.05, 0) is 54.6 Å².